The van der Waals surface area contributed by atoms with Crippen molar-refractivity contribution in [3.8, 4) is 0 Å². The molecule has 2 aromatic heterocycles. The van der Waals surface area contributed by atoms with Gasteiger partial charge in [0.1, 0.15) is 5.82 Å². The van der Waals surface area contributed by atoms with Gasteiger partial charge in [0.25, 0.3) is 0 Å². The van der Waals surface area contributed by atoms with Crippen LogP contribution in [0.1, 0.15) is 42.7 Å². The molecule has 7 nitrogen and oxygen atoms in total. The molecule has 1 N–H and O–H groups in total. The molecule has 1 aliphatic heterocycles. The molecule has 3 rings (SSSR count). The van der Waals surface area contributed by atoms with E-state index in [0.717, 1.165) is 30.2 Å². The minimum absolute atomic E-state index is 0.0929. The van der Waals surface area contributed by atoms with Crippen LogP contribution in [0.5, 0.6) is 0 Å². The van der Waals surface area contributed by atoms with Crippen LogP contribution in [0.3, 0.4) is 0 Å². The number of carbonyl (C=O) groups excluding carboxylic acids is 1. The molecule has 1 amide bonds. The molecule has 0 aliphatic carbocycles. The number of carbonyl (C=O) groups is 1. The first-order valence-corrected chi connectivity index (χ1v) is 7.94. The Labute approximate surface area is 135 Å². The second-order valence-electron chi connectivity index (χ2n) is 6.42. The highest BCUT2D eigenvalue weighted by molar-refractivity contribution is 5.90. The van der Waals surface area contributed by atoms with Gasteiger partial charge in [-0.25, -0.2) is 4.98 Å². The van der Waals surface area contributed by atoms with E-state index in [9.17, 15) is 4.79 Å². The lowest BCUT2D eigenvalue weighted by Crippen LogP contribution is -2.37. The maximum Gasteiger partial charge on any atom is 0.240 e. The van der Waals surface area contributed by atoms with Crippen LogP contribution < -0.4 is 5.32 Å². The number of imidazole rings is 1. The molecular weight excluding hydrogens is 294 g/mol. The summed E-state index contributed by atoms with van der Waals surface area (Å²) >= 11 is 0. The Balaban J connectivity index is 1.63. The molecule has 1 aliphatic rings. The number of amides is 1. The van der Waals surface area contributed by atoms with Crippen LogP contribution in [-0.2, 0) is 24.8 Å². The molecule has 0 atom stereocenters. The third kappa shape index (κ3) is 3.29. The average molecular weight is 317 g/mol. The number of rotatable bonds is 4. The summed E-state index contributed by atoms with van der Waals surface area (Å²) in [6, 6.07) is 1.71. The monoisotopic (exact) mass is 317 g/mol. The summed E-state index contributed by atoms with van der Waals surface area (Å²) in [5.41, 5.74) is 3.12. The molecule has 3 heterocycles. The topological polar surface area (TPSA) is 76.2 Å². The van der Waals surface area contributed by atoms with Crippen LogP contribution in [0.2, 0.25) is 0 Å². The lowest BCUT2D eigenvalue weighted by atomic mass is 10.1. The summed E-state index contributed by atoms with van der Waals surface area (Å²) in [6.07, 6.45) is 0.917. The van der Waals surface area contributed by atoms with E-state index < -0.39 is 0 Å². The van der Waals surface area contributed by atoms with Gasteiger partial charge in [-0.05, 0) is 6.92 Å². The van der Waals surface area contributed by atoms with Gasteiger partial charge in [-0.15, -0.1) is 0 Å². The number of aromatic nitrogens is 3. The van der Waals surface area contributed by atoms with Crippen LogP contribution in [0.15, 0.2) is 10.6 Å². The zero-order valence-electron chi connectivity index (χ0n) is 14.1. The molecule has 0 saturated carbocycles. The Morgan fingerprint density at radius 1 is 1.48 bits per heavy atom. The number of nitrogens with zero attached hydrogens (tertiary/aromatic N) is 4. The first kappa shape index (κ1) is 15.7. The Hall–Kier alpha value is -2.15. The van der Waals surface area contributed by atoms with Gasteiger partial charge in [0, 0.05) is 44.2 Å². The predicted octanol–water partition coefficient (Wildman–Crippen LogP) is 1.84. The van der Waals surface area contributed by atoms with Gasteiger partial charge in [0.2, 0.25) is 11.8 Å². The Morgan fingerprint density at radius 2 is 2.26 bits per heavy atom. The number of aryl methyl sites for hydroxylation is 1. The molecule has 0 saturated heterocycles. The van der Waals surface area contributed by atoms with Crippen molar-refractivity contribution in [3.63, 3.8) is 0 Å². The summed E-state index contributed by atoms with van der Waals surface area (Å²) in [5, 5.41) is 6.49. The fourth-order valence-electron chi connectivity index (χ4n) is 3.06. The number of hydrogen-bond donors (Lipinski definition) is 1. The van der Waals surface area contributed by atoms with Crippen molar-refractivity contribution < 1.29 is 9.32 Å². The fraction of sp³-hybridized carbons (Fsp3) is 0.562. The second kappa shape index (κ2) is 6.16. The lowest BCUT2D eigenvalue weighted by molar-refractivity contribution is -0.117. The van der Waals surface area contributed by atoms with Crippen LogP contribution in [-0.4, -0.2) is 38.6 Å². The minimum Gasteiger partial charge on any atom is -0.338 e. The predicted molar refractivity (Wildman–Crippen MR) is 86.1 cm³/mol. The third-order valence-electron chi connectivity index (χ3n) is 4.14. The second-order valence-corrected chi connectivity index (χ2v) is 6.42. The van der Waals surface area contributed by atoms with E-state index in [1.807, 2.05) is 6.92 Å². The summed E-state index contributed by atoms with van der Waals surface area (Å²) < 4.78 is 7.21. The van der Waals surface area contributed by atoms with Crippen LogP contribution in [0.25, 0.3) is 0 Å². The normalized spacial score (nSPS) is 15.0. The lowest BCUT2D eigenvalue weighted by Gasteiger charge is -2.25. The number of fused-ring (bicyclic) bond motifs is 1. The molecular formula is C16H23N5O2. The van der Waals surface area contributed by atoms with Crippen molar-refractivity contribution in [2.75, 3.05) is 18.4 Å². The highest BCUT2D eigenvalue weighted by atomic mass is 16.5. The van der Waals surface area contributed by atoms with Gasteiger partial charge in [-0.3, -0.25) is 15.0 Å². The molecule has 0 spiro atoms. The van der Waals surface area contributed by atoms with Crippen molar-refractivity contribution in [2.45, 2.75) is 39.7 Å². The largest absolute Gasteiger partial charge is 0.338 e. The van der Waals surface area contributed by atoms with Crippen molar-refractivity contribution in [1.29, 1.82) is 0 Å². The van der Waals surface area contributed by atoms with Crippen molar-refractivity contribution in [2.24, 2.45) is 7.05 Å². The molecule has 23 heavy (non-hydrogen) atoms. The van der Waals surface area contributed by atoms with E-state index in [1.165, 1.54) is 5.69 Å². The van der Waals surface area contributed by atoms with E-state index in [4.69, 9.17) is 9.51 Å². The highest BCUT2D eigenvalue weighted by Gasteiger charge is 2.24. The first-order valence-electron chi connectivity index (χ1n) is 7.94. The molecule has 0 fully saturated rings. The van der Waals surface area contributed by atoms with Crippen molar-refractivity contribution in [3.05, 3.63) is 29.0 Å². The Morgan fingerprint density at radius 3 is 2.91 bits per heavy atom. The molecule has 0 bridgehead atoms. The minimum atomic E-state index is -0.0929. The van der Waals surface area contributed by atoms with Crippen molar-refractivity contribution >= 4 is 11.8 Å². The standard InChI is InChI=1S/C16H23N5O2/c1-10(2)16-17-12-8-21(6-5-13(12)20(16)4)9-14(22)18-15-7-11(3)19-23-15/h7,10H,5-6,8-9H2,1-4H3,(H,18,22). The summed E-state index contributed by atoms with van der Waals surface area (Å²) in [7, 11) is 2.08. The SMILES string of the molecule is Cc1cc(NC(=O)CN2CCc3c(nc(C(C)C)n3C)C2)on1. The molecule has 124 valence electrons. The van der Waals surface area contributed by atoms with Gasteiger partial charge in [0.05, 0.1) is 17.9 Å². The maximum atomic E-state index is 12.1. The zero-order valence-corrected chi connectivity index (χ0v) is 14.1. The summed E-state index contributed by atoms with van der Waals surface area (Å²) in [6.45, 7) is 8.01. The maximum absolute atomic E-state index is 12.1. The third-order valence-corrected chi connectivity index (χ3v) is 4.14. The summed E-state index contributed by atoms with van der Waals surface area (Å²) in [4.78, 5) is 19.0. The quantitative estimate of drug-likeness (QED) is 0.931. The van der Waals surface area contributed by atoms with Gasteiger partial charge >= 0.3 is 0 Å². The van der Waals surface area contributed by atoms with E-state index in [2.05, 4.69) is 40.8 Å². The van der Waals surface area contributed by atoms with E-state index >= 15 is 0 Å². The molecule has 2 aromatic rings. The molecule has 0 radical (unpaired) electrons. The van der Waals surface area contributed by atoms with Gasteiger partial charge in [-0.1, -0.05) is 19.0 Å². The average Bonchev–Trinajstić information content (AvgIpc) is 3.02. The van der Waals surface area contributed by atoms with Gasteiger partial charge < -0.3 is 9.09 Å². The van der Waals surface area contributed by atoms with Gasteiger partial charge in [-0.2, -0.15) is 0 Å². The summed E-state index contributed by atoms with van der Waals surface area (Å²) in [5.74, 6) is 1.81. The Kier molecular flexibility index (Phi) is 4.21. The van der Waals surface area contributed by atoms with E-state index in [1.54, 1.807) is 6.07 Å². The van der Waals surface area contributed by atoms with Crippen LogP contribution >= 0.6 is 0 Å². The van der Waals surface area contributed by atoms with E-state index in [-0.39, 0.29) is 5.91 Å². The molecule has 0 aromatic carbocycles. The Bertz CT molecular complexity index is 716. The zero-order chi connectivity index (χ0) is 16.6. The molecule has 7 heteroatoms. The van der Waals surface area contributed by atoms with Gasteiger partial charge in [0.15, 0.2) is 0 Å². The number of anilines is 1. The first-order chi connectivity index (χ1) is 10.9. The van der Waals surface area contributed by atoms with Crippen molar-refractivity contribution in [1.82, 2.24) is 19.6 Å². The molecule has 0 unspecified atom stereocenters. The van der Waals surface area contributed by atoms with Crippen LogP contribution in [0, 0.1) is 6.92 Å². The highest BCUT2D eigenvalue weighted by Crippen LogP contribution is 2.23. The number of nitrogens with one attached hydrogen (secondary N) is 1. The van der Waals surface area contributed by atoms with E-state index in [0.29, 0.717) is 24.9 Å². The van der Waals surface area contributed by atoms with Crippen LogP contribution in [0.4, 0.5) is 5.88 Å². The number of hydrogen-bond acceptors (Lipinski definition) is 5. The smallest absolute Gasteiger partial charge is 0.240 e. The fourth-order valence-corrected chi connectivity index (χ4v) is 3.06.